The molecule has 0 bridgehead atoms. The Balaban J connectivity index is 1.90. The maximum Gasteiger partial charge on any atom is 0.220 e. The lowest BCUT2D eigenvalue weighted by molar-refractivity contribution is -0.121. The second-order valence-electron chi connectivity index (χ2n) is 6.33. The third-order valence-corrected chi connectivity index (χ3v) is 3.70. The molecule has 0 atom stereocenters. The molecule has 19 heavy (non-hydrogen) atoms. The Morgan fingerprint density at radius 1 is 1.53 bits per heavy atom. The molecule has 0 aliphatic heterocycles. The third kappa shape index (κ3) is 3.93. The Bertz CT molecular complexity index is 505. The SMILES string of the molecule is CC(C)(C)c1c[nH]c(=S)n1CCCC(=O)NC1CC1. The molecule has 1 aliphatic rings. The maximum absolute atomic E-state index is 11.6. The minimum absolute atomic E-state index is 0.0594. The topological polar surface area (TPSA) is 49.8 Å². The number of rotatable bonds is 5. The highest BCUT2D eigenvalue weighted by Crippen LogP contribution is 2.23. The molecule has 4 nitrogen and oxygen atoms in total. The van der Waals surface area contributed by atoms with E-state index in [2.05, 4.69) is 35.6 Å². The standard InChI is InChI=1S/C14H23N3OS/c1-14(2,3)11-9-15-13(19)17(11)8-4-5-12(18)16-10-6-7-10/h9-10H,4-8H2,1-3H3,(H,15,19)(H,16,18). The molecule has 106 valence electrons. The summed E-state index contributed by atoms with van der Waals surface area (Å²) in [6.07, 6.45) is 5.67. The van der Waals surface area contributed by atoms with Crippen LogP contribution in [0.4, 0.5) is 0 Å². The molecule has 1 aromatic heterocycles. The van der Waals surface area contributed by atoms with E-state index in [9.17, 15) is 4.79 Å². The smallest absolute Gasteiger partial charge is 0.220 e. The lowest BCUT2D eigenvalue weighted by atomic mass is 9.92. The van der Waals surface area contributed by atoms with Gasteiger partial charge in [-0.3, -0.25) is 4.79 Å². The molecule has 1 fully saturated rings. The van der Waals surface area contributed by atoms with E-state index >= 15 is 0 Å². The van der Waals surface area contributed by atoms with Gasteiger partial charge < -0.3 is 14.9 Å². The molecule has 0 aromatic carbocycles. The van der Waals surface area contributed by atoms with E-state index in [1.807, 2.05) is 6.20 Å². The van der Waals surface area contributed by atoms with Crippen molar-refractivity contribution in [2.45, 2.75) is 64.5 Å². The largest absolute Gasteiger partial charge is 0.353 e. The van der Waals surface area contributed by atoms with Gasteiger partial charge in [-0.25, -0.2) is 0 Å². The minimum Gasteiger partial charge on any atom is -0.353 e. The van der Waals surface area contributed by atoms with Crippen LogP contribution in [0.1, 0.15) is 52.1 Å². The van der Waals surface area contributed by atoms with Crippen molar-refractivity contribution in [2.24, 2.45) is 0 Å². The number of amides is 1. The molecule has 0 spiro atoms. The first-order valence-corrected chi connectivity index (χ1v) is 7.37. The van der Waals surface area contributed by atoms with Crippen molar-refractivity contribution in [3.05, 3.63) is 16.7 Å². The Hall–Kier alpha value is -1.10. The number of aromatic amines is 1. The Kier molecular flexibility index (Phi) is 4.13. The number of carbonyl (C=O) groups excluding carboxylic acids is 1. The number of H-pyrrole nitrogens is 1. The molecule has 0 unspecified atom stereocenters. The van der Waals surface area contributed by atoms with Crippen LogP contribution >= 0.6 is 12.2 Å². The summed E-state index contributed by atoms with van der Waals surface area (Å²) in [5, 5.41) is 3.01. The van der Waals surface area contributed by atoms with Crippen molar-refractivity contribution < 1.29 is 4.79 Å². The lowest BCUT2D eigenvalue weighted by Crippen LogP contribution is -2.25. The summed E-state index contributed by atoms with van der Waals surface area (Å²) in [4.78, 5) is 14.7. The second-order valence-corrected chi connectivity index (χ2v) is 6.71. The van der Waals surface area contributed by atoms with Gasteiger partial charge in [-0.05, 0) is 31.5 Å². The van der Waals surface area contributed by atoms with Gasteiger partial charge in [-0.2, -0.15) is 0 Å². The summed E-state index contributed by atoms with van der Waals surface area (Å²) in [7, 11) is 0. The molecule has 5 heteroatoms. The zero-order valence-corrected chi connectivity index (χ0v) is 12.8. The van der Waals surface area contributed by atoms with Gasteiger partial charge in [-0.1, -0.05) is 20.8 Å². The normalized spacial score (nSPS) is 15.5. The summed E-state index contributed by atoms with van der Waals surface area (Å²) in [6.45, 7) is 7.30. The highest BCUT2D eigenvalue weighted by molar-refractivity contribution is 7.71. The van der Waals surface area contributed by atoms with Gasteiger partial charge in [0, 0.05) is 36.3 Å². The van der Waals surface area contributed by atoms with Crippen molar-refractivity contribution in [3.63, 3.8) is 0 Å². The first-order chi connectivity index (χ1) is 8.88. The Labute approximate surface area is 119 Å². The molecule has 2 rings (SSSR count). The van der Waals surface area contributed by atoms with Gasteiger partial charge in [0.25, 0.3) is 0 Å². The summed E-state index contributed by atoms with van der Waals surface area (Å²) in [5.74, 6) is 0.168. The predicted molar refractivity (Wildman–Crippen MR) is 78.7 cm³/mol. The van der Waals surface area contributed by atoms with Gasteiger partial charge in [0.05, 0.1) is 0 Å². The zero-order valence-electron chi connectivity index (χ0n) is 12.0. The summed E-state index contributed by atoms with van der Waals surface area (Å²) in [6, 6.07) is 0.451. The first kappa shape index (κ1) is 14.3. The summed E-state index contributed by atoms with van der Waals surface area (Å²) >= 11 is 5.31. The molecule has 0 saturated heterocycles. The third-order valence-electron chi connectivity index (χ3n) is 3.36. The summed E-state index contributed by atoms with van der Waals surface area (Å²) in [5.41, 5.74) is 1.25. The molecule has 1 saturated carbocycles. The predicted octanol–water partition coefficient (Wildman–Crippen LogP) is 2.90. The van der Waals surface area contributed by atoms with Crippen LogP contribution in [-0.4, -0.2) is 21.5 Å². The molecule has 1 aromatic rings. The van der Waals surface area contributed by atoms with Gasteiger partial charge >= 0.3 is 0 Å². The highest BCUT2D eigenvalue weighted by Gasteiger charge is 2.23. The maximum atomic E-state index is 11.6. The minimum atomic E-state index is 0.0594. The van der Waals surface area contributed by atoms with Crippen LogP contribution in [0.15, 0.2) is 6.20 Å². The Morgan fingerprint density at radius 2 is 2.21 bits per heavy atom. The van der Waals surface area contributed by atoms with Crippen LogP contribution in [0.3, 0.4) is 0 Å². The van der Waals surface area contributed by atoms with Crippen LogP contribution in [0.2, 0.25) is 0 Å². The van der Waals surface area contributed by atoms with Crippen molar-refractivity contribution in [2.75, 3.05) is 0 Å². The molecule has 1 heterocycles. The molecule has 1 aliphatic carbocycles. The van der Waals surface area contributed by atoms with E-state index in [0.29, 0.717) is 12.5 Å². The molecular formula is C14H23N3OS. The number of nitrogens with zero attached hydrogens (tertiary/aromatic N) is 1. The van der Waals surface area contributed by atoms with E-state index in [1.54, 1.807) is 0 Å². The van der Waals surface area contributed by atoms with Crippen molar-refractivity contribution >= 4 is 18.1 Å². The number of nitrogens with one attached hydrogen (secondary N) is 2. The van der Waals surface area contributed by atoms with Gasteiger partial charge in [0.1, 0.15) is 0 Å². The van der Waals surface area contributed by atoms with Gasteiger partial charge in [-0.15, -0.1) is 0 Å². The highest BCUT2D eigenvalue weighted by atomic mass is 32.1. The number of hydrogen-bond acceptors (Lipinski definition) is 2. The molecule has 1 amide bonds. The monoisotopic (exact) mass is 281 g/mol. The fraction of sp³-hybridized carbons (Fsp3) is 0.714. The van der Waals surface area contributed by atoms with E-state index in [-0.39, 0.29) is 11.3 Å². The number of imidazole rings is 1. The molecule has 2 N–H and O–H groups in total. The number of hydrogen-bond donors (Lipinski definition) is 2. The van der Waals surface area contributed by atoms with Gasteiger partial charge in [0.2, 0.25) is 5.91 Å². The molecular weight excluding hydrogens is 258 g/mol. The number of aromatic nitrogens is 2. The number of carbonyl (C=O) groups is 1. The van der Waals surface area contributed by atoms with Crippen LogP contribution < -0.4 is 5.32 Å². The van der Waals surface area contributed by atoms with Crippen molar-refractivity contribution in [1.82, 2.24) is 14.9 Å². The fourth-order valence-electron chi connectivity index (χ4n) is 2.16. The average Bonchev–Trinajstić information content (AvgIpc) is 3.01. The quantitative estimate of drug-likeness (QED) is 0.815. The fourth-order valence-corrected chi connectivity index (χ4v) is 2.41. The zero-order chi connectivity index (χ0) is 14.0. The van der Waals surface area contributed by atoms with E-state index in [4.69, 9.17) is 12.2 Å². The first-order valence-electron chi connectivity index (χ1n) is 6.96. The van der Waals surface area contributed by atoms with Crippen LogP contribution in [0, 0.1) is 4.77 Å². The molecule has 0 radical (unpaired) electrons. The van der Waals surface area contributed by atoms with E-state index in [0.717, 1.165) is 30.6 Å². The van der Waals surface area contributed by atoms with Crippen LogP contribution in [0.25, 0.3) is 0 Å². The Morgan fingerprint density at radius 3 is 2.79 bits per heavy atom. The average molecular weight is 281 g/mol. The second kappa shape index (κ2) is 5.49. The van der Waals surface area contributed by atoms with Gasteiger partial charge in [0.15, 0.2) is 4.77 Å². The van der Waals surface area contributed by atoms with Crippen molar-refractivity contribution in [1.29, 1.82) is 0 Å². The van der Waals surface area contributed by atoms with Crippen LogP contribution in [0.5, 0.6) is 0 Å². The van der Waals surface area contributed by atoms with E-state index in [1.165, 1.54) is 5.69 Å². The lowest BCUT2D eigenvalue weighted by Gasteiger charge is -2.20. The van der Waals surface area contributed by atoms with E-state index < -0.39 is 0 Å². The summed E-state index contributed by atoms with van der Waals surface area (Å²) < 4.78 is 2.85. The van der Waals surface area contributed by atoms with Crippen LogP contribution in [-0.2, 0) is 16.8 Å². The van der Waals surface area contributed by atoms with Crippen molar-refractivity contribution in [3.8, 4) is 0 Å².